The van der Waals surface area contributed by atoms with E-state index >= 15 is 0 Å². The molecule has 0 saturated heterocycles. The average molecular weight is 326 g/mol. The van der Waals surface area contributed by atoms with E-state index in [0.717, 1.165) is 18.4 Å². The number of carbonyl (C=O) groups is 1. The molecular formula is C15H20BrNO2. The number of nitrogens with zero attached hydrogens (tertiary/aromatic N) is 1. The minimum absolute atomic E-state index is 0.113. The van der Waals surface area contributed by atoms with Gasteiger partial charge in [0.1, 0.15) is 5.75 Å². The maximum Gasteiger partial charge on any atom is 0.227 e. The molecule has 1 aromatic rings. The van der Waals surface area contributed by atoms with Crippen LogP contribution in [-0.4, -0.2) is 33.8 Å². The Morgan fingerprint density at radius 1 is 1.42 bits per heavy atom. The molecule has 2 unspecified atom stereocenters. The molecule has 0 aromatic heterocycles. The second-order valence-electron chi connectivity index (χ2n) is 5.22. The summed E-state index contributed by atoms with van der Waals surface area (Å²) < 4.78 is 0. The maximum absolute atomic E-state index is 12.3. The molecule has 19 heavy (non-hydrogen) atoms. The summed E-state index contributed by atoms with van der Waals surface area (Å²) in [6, 6.07) is 7.20. The SMILES string of the molecule is CN(C(=O)Cc1cccc(O)c1)C1CCCCC1Br. The second kappa shape index (κ2) is 6.42. The summed E-state index contributed by atoms with van der Waals surface area (Å²) >= 11 is 3.69. The molecule has 104 valence electrons. The van der Waals surface area contributed by atoms with Crippen molar-refractivity contribution >= 4 is 21.8 Å². The average Bonchev–Trinajstić information content (AvgIpc) is 2.38. The largest absolute Gasteiger partial charge is 0.508 e. The van der Waals surface area contributed by atoms with E-state index in [2.05, 4.69) is 15.9 Å². The highest BCUT2D eigenvalue weighted by Crippen LogP contribution is 2.28. The number of amides is 1. The topological polar surface area (TPSA) is 40.5 Å². The molecule has 0 radical (unpaired) electrons. The van der Waals surface area contributed by atoms with Crippen molar-refractivity contribution in [1.82, 2.24) is 4.90 Å². The molecule has 0 bridgehead atoms. The van der Waals surface area contributed by atoms with Crippen molar-refractivity contribution in [3.05, 3.63) is 29.8 Å². The molecule has 0 aliphatic heterocycles. The van der Waals surface area contributed by atoms with Crippen LogP contribution in [0.3, 0.4) is 0 Å². The Morgan fingerprint density at radius 3 is 2.84 bits per heavy atom. The molecule has 0 spiro atoms. The first-order chi connectivity index (χ1) is 9.08. The normalized spacial score (nSPS) is 23.1. The highest BCUT2D eigenvalue weighted by molar-refractivity contribution is 9.09. The van der Waals surface area contributed by atoms with Crippen LogP contribution in [-0.2, 0) is 11.2 Å². The fourth-order valence-electron chi connectivity index (χ4n) is 2.65. The van der Waals surface area contributed by atoms with Crippen LogP contribution >= 0.6 is 15.9 Å². The molecule has 1 aliphatic carbocycles. The number of phenolic OH excluding ortho intramolecular Hbond substituents is 1. The summed E-state index contributed by atoms with van der Waals surface area (Å²) in [5.74, 6) is 0.325. The summed E-state index contributed by atoms with van der Waals surface area (Å²) in [6.45, 7) is 0. The lowest BCUT2D eigenvalue weighted by Gasteiger charge is -2.35. The van der Waals surface area contributed by atoms with E-state index in [1.165, 1.54) is 12.8 Å². The summed E-state index contributed by atoms with van der Waals surface area (Å²) in [4.78, 5) is 14.6. The number of carbonyl (C=O) groups excluding carboxylic acids is 1. The van der Waals surface area contributed by atoms with Gasteiger partial charge in [0, 0.05) is 17.9 Å². The lowest BCUT2D eigenvalue weighted by atomic mass is 9.94. The van der Waals surface area contributed by atoms with Crippen molar-refractivity contribution in [3.8, 4) is 5.75 Å². The molecule has 4 heteroatoms. The first-order valence-electron chi connectivity index (χ1n) is 6.75. The Bertz CT molecular complexity index is 450. The van der Waals surface area contributed by atoms with Crippen molar-refractivity contribution in [2.45, 2.75) is 43.0 Å². The summed E-state index contributed by atoms with van der Waals surface area (Å²) in [5.41, 5.74) is 0.860. The van der Waals surface area contributed by atoms with Gasteiger partial charge in [0.05, 0.1) is 6.42 Å². The molecule has 1 fully saturated rings. The van der Waals surface area contributed by atoms with E-state index in [0.29, 0.717) is 17.3 Å². The van der Waals surface area contributed by atoms with Gasteiger partial charge in [0.2, 0.25) is 5.91 Å². The Hall–Kier alpha value is -1.03. The molecule has 3 nitrogen and oxygen atoms in total. The van der Waals surface area contributed by atoms with Crippen molar-refractivity contribution < 1.29 is 9.90 Å². The third kappa shape index (κ3) is 3.72. The first kappa shape index (κ1) is 14.4. The van der Waals surface area contributed by atoms with Gasteiger partial charge in [0.15, 0.2) is 0 Å². The number of benzene rings is 1. The van der Waals surface area contributed by atoms with Crippen LogP contribution in [0.2, 0.25) is 0 Å². The monoisotopic (exact) mass is 325 g/mol. The third-order valence-electron chi connectivity index (χ3n) is 3.80. The Balaban J connectivity index is 1.99. The summed E-state index contributed by atoms with van der Waals surface area (Å²) in [7, 11) is 1.88. The molecule has 1 aromatic carbocycles. The van der Waals surface area contributed by atoms with Crippen LogP contribution in [0.15, 0.2) is 24.3 Å². The van der Waals surface area contributed by atoms with E-state index in [-0.39, 0.29) is 11.7 Å². The number of likely N-dealkylation sites (N-methyl/N-ethyl adjacent to an activating group) is 1. The van der Waals surface area contributed by atoms with Gasteiger partial charge in [0.25, 0.3) is 0 Å². The van der Waals surface area contributed by atoms with E-state index in [4.69, 9.17) is 0 Å². The van der Waals surface area contributed by atoms with Crippen LogP contribution in [0.4, 0.5) is 0 Å². The third-order valence-corrected chi connectivity index (χ3v) is 4.87. The van der Waals surface area contributed by atoms with Crippen LogP contribution in [0.5, 0.6) is 5.75 Å². The van der Waals surface area contributed by atoms with Crippen LogP contribution in [0.25, 0.3) is 0 Å². The summed E-state index contributed by atoms with van der Waals surface area (Å²) in [6.07, 6.45) is 4.98. The van der Waals surface area contributed by atoms with Gasteiger partial charge in [-0.2, -0.15) is 0 Å². The smallest absolute Gasteiger partial charge is 0.227 e. The fraction of sp³-hybridized carbons (Fsp3) is 0.533. The number of halogens is 1. The molecule has 1 amide bonds. The van der Waals surface area contributed by atoms with E-state index in [1.54, 1.807) is 18.2 Å². The maximum atomic E-state index is 12.3. The minimum atomic E-state index is 0.113. The highest BCUT2D eigenvalue weighted by Gasteiger charge is 2.28. The number of aromatic hydroxyl groups is 1. The Labute approximate surface area is 122 Å². The van der Waals surface area contributed by atoms with Gasteiger partial charge in [-0.05, 0) is 30.5 Å². The number of phenols is 1. The van der Waals surface area contributed by atoms with Gasteiger partial charge in [-0.1, -0.05) is 40.9 Å². The van der Waals surface area contributed by atoms with E-state index < -0.39 is 0 Å². The van der Waals surface area contributed by atoms with Crippen LogP contribution in [0.1, 0.15) is 31.2 Å². The number of hydrogen-bond acceptors (Lipinski definition) is 2. The van der Waals surface area contributed by atoms with Gasteiger partial charge >= 0.3 is 0 Å². The fourth-order valence-corrected chi connectivity index (χ4v) is 3.60. The van der Waals surface area contributed by atoms with Gasteiger partial charge in [-0.3, -0.25) is 4.79 Å². The Morgan fingerprint density at radius 2 is 2.16 bits per heavy atom. The second-order valence-corrected chi connectivity index (χ2v) is 6.40. The molecule has 1 aliphatic rings. The first-order valence-corrected chi connectivity index (χ1v) is 7.67. The molecule has 2 rings (SSSR count). The lowest BCUT2D eigenvalue weighted by Crippen LogP contribution is -2.44. The standard InChI is InChI=1S/C15H20BrNO2/c1-17(14-8-3-2-7-13(14)16)15(19)10-11-5-4-6-12(18)9-11/h4-6,9,13-14,18H,2-3,7-8,10H2,1H3. The predicted octanol–water partition coefficient (Wildman–Crippen LogP) is 3.10. The highest BCUT2D eigenvalue weighted by atomic mass is 79.9. The van der Waals surface area contributed by atoms with Crippen LogP contribution < -0.4 is 0 Å². The molecular weight excluding hydrogens is 306 g/mol. The number of rotatable bonds is 3. The van der Waals surface area contributed by atoms with Crippen molar-refractivity contribution in [1.29, 1.82) is 0 Å². The van der Waals surface area contributed by atoms with Crippen molar-refractivity contribution in [2.24, 2.45) is 0 Å². The number of alkyl halides is 1. The quantitative estimate of drug-likeness (QED) is 0.867. The van der Waals surface area contributed by atoms with Gasteiger partial charge < -0.3 is 10.0 Å². The van der Waals surface area contributed by atoms with Crippen molar-refractivity contribution in [2.75, 3.05) is 7.05 Å². The number of hydrogen-bond donors (Lipinski definition) is 1. The zero-order chi connectivity index (χ0) is 13.8. The molecule has 2 atom stereocenters. The molecule has 0 heterocycles. The van der Waals surface area contributed by atoms with Crippen LogP contribution in [0, 0.1) is 0 Å². The lowest BCUT2D eigenvalue weighted by molar-refractivity contribution is -0.131. The zero-order valence-corrected chi connectivity index (χ0v) is 12.8. The van der Waals surface area contributed by atoms with Gasteiger partial charge in [-0.15, -0.1) is 0 Å². The molecule has 1 saturated carbocycles. The van der Waals surface area contributed by atoms with Gasteiger partial charge in [-0.25, -0.2) is 0 Å². The van der Waals surface area contributed by atoms with Crippen molar-refractivity contribution in [3.63, 3.8) is 0 Å². The minimum Gasteiger partial charge on any atom is -0.508 e. The van der Waals surface area contributed by atoms with E-state index in [9.17, 15) is 9.90 Å². The molecule has 1 N–H and O–H groups in total. The summed E-state index contributed by atoms with van der Waals surface area (Å²) in [5, 5.41) is 9.42. The predicted molar refractivity (Wildman–Crippen MR) is 79.6 cm³/mol. The van der Waals surface area contributed by atoms with E-state index in [1.807, 2.05) is 18.0 Å². The zero-order valence-electron chi connectivity index (χ0n) is 11.2. The Kier molecular flexibility index (Phi) is 4.86.